The Morgan fingerprint density at radius 2 is 2.00 bits per heavy atom. The normalized spacial score (nSPS) is 27.6. The molecule has 0 spiro atoms. The van der Waals surface area contributed by atoms with Crippen molar-refractivity contribution in [2.75, 3.05) is 20.8 Å². The highest BCUT2D eigenvalue weighted by Crippen LogP contribution is 2.22. The van der Waals surface area contributed by atoms with Gasteiger partial charge in [0.05, 0.1) is 14.2 Å². The molecule has 0 amide bonds. The molecule has 0 aromatic heterocycles. The average molecular weight is 187 g/mol. The Kier molecular flexibility index (Phi) is 2.87. The second kappa shape index (κ2) is 3.74. The van der Waals surface area contributed by atoms with Crippen molar-refractivity contribution in [2.45, 2.75) is 19.0 Å². The van der Waals surface area contributed by atoms with Gasteiger partial charge in [-0.05, 0) is 6.92 Å². The van der Waals surface area contributed by atoms with Crippen LogP contribution in [-0.2, 0) is 19.1 Å². The van der Waals surface area contributed by atoms with Crippen LogP contribution in [0.5, 0.6) is 0 Å². The van der Waals surface area contributed by atoms with Crippen molar-refractivity contribution in [3.8, 4) is 0 Å². The van der Waals surface area contributed by atoms with Crippen LogP contribution in [0, 0.1) is 0 Å². The molecule has 0 radical (unpaired) electrons. The van der Waals surface area contributed by atoms with E-state index in [-0.39, 0.29) is 24.0 Å². The lowest BCUT2D eigenvalue weighted by Crippen LogP contribution is -2.30. The fourth-order valence-corrected chi connectivity index (χ4v) is 1.23. The topological polar surface area (TPSA) is 55.6 Å². The van der Waals surface area contributed by atoms with Crippen LogP contribution in [0.3, 0.4) is 0 Å². The molecule has 0 aromatic rings. The van der Waals surface area contributed by atoms with Crippen molar-refractivity contribution < 1.29 is 19.1 Å². The predicted molar refractivity (Wildman–Crippen MR) is 44.0 cm³/mol. The lowest BCUT2D eigenvalue weighted by Gasteiger charge is -2.09. The largest absolute Gasteiger partial charge is 0.468 e. The van der Waals surface area contributed by atoms with E-state index in [0.717, 1.165) is 0 Å². The molecule has 0 aromatic carbocycles. The molecule has 1 heterocycles. The van der Waals surface area contributed by atoms with E-state index in [2.05, 4.69) is 9.47 Å². The van der Waals surface area contributed by atoms with E-state index in [1.165, 1.54) is 14.2 Å². The van der Waals surface area contributed by atoms with E-state index in [0.29, 0.717) is 6.54 Å². The molecule has 1 fully saturated rings. The summed E-state index contributed by atoms with van der Waals surface area (Å²) in [5.41, 5.74) is 0. The highest BCUT2D eigenvalue weighted by atomic mass is 16.5. The zero-order chi connectivity index (χ0) is 10.0. The lowest BCUT2D eigenvalue weighted by atomic mass is 10.3. The summed E-state index contributed by atoms with van der Waals surface area (Å²) in [4.78, 5) is 23.7. The van der Waals surface area contributed by atoms with Gasteiger partial charge in [-0.1, -0.05) is 0 Å². The molecule has 0 bridgehead atoms. The van der Waals surface area contributed by atoms with Gasteiger partial charge in [-0.15, -0.1) is 0 Å². The molecule has 74 valence electrons. The summed E-state index contributed by atoms with van der Waals surface area (Å²) < 4.78 is 9.08. The third-order valence-electron chi connectivity index (χ3n) is 2.16. The van der Waals surface area contributed by atoms with Crippen LogP contribution in [0.2, 0.25) is 0 Å². The first-order valence-corrected chi connectivity index (χ1v) is 4.03. The van der Waals surface area contributed by atoms with Gasteiger partial charge in [-0.2, -0.15) is 0 Å². The van der Waals surface area contributed by atoms with Crippen molar-refractivity contribution in [1.29, 1.82) is 0 Å². The maximum absolute atomic E-state index is 11.0. The molecule has 0 N–H and O–H groups in total. The Morgan fingerprint density at radius 3 is 2.46 bits per heavy atom. The fourth-order valence-electron chi connectivity index (χ4n) is 1.23. The van der Waals surface area contributed by atoms with Gasteiger partial charge in [0.15, 0.2) is 0 Å². The monoisotopic (exact) mass is 187 g/mol. The Bertz CT molecular complexity index is 228. The highest BCUT2D eigenvalue weighted by Gasteiger charge is 2.46. The molecule has 5 heteroatoms. The third-order valence-corrected chi connectivity index (χ3v) is 2.16. The molecule has 1 aliphatic rings. The third kappa shape index (κ3) is 1.98. The van der Waals surface area contributed by atoms with E-state index in [4.69, 9.17) is 0 Å². The number of hydrogen-bond donors (Lipinski definition) is 0. The maximum atomic E-state index is 11.0. The van der Waals surface area contributed by atoms with Crippen LogP contribution in [0.1, 0.15) is 6.92 Å². The number of esters is 2. The van der Waals surface area contributed by atoms with E-state index in [1.807, 2.05) is 0 Å². The molecular formula is C8H13NO4. The number of rotatable bonds is 3. The Balaban J connectivity index is 2.42. The second-order valence-electron chi connectivity index (χ2n) is 2.93. The summed E-state index contributed by atoms with van der Waals surface area (Å²) in [6.45, 7) is 2.28. The minimum atomic E-state index is -0.367. The second-order valence-corrected chi connectivity index (χ2v) is 2.93. The van der Waals surface area contributed by atoms with E-state index >= 15 is 0 Å². The van der Waals surface area contributed by atoms with Gasteiger partial charge in [0.25, 0.3) is 0 Å². The van der Waals surface area contributed by atoms with Crippen LogP contribution >= 0.6 is 0 Å². The van der Waals surface area contributed by atoms with Crippen LogP contribution in [-0.4, -0.2) is 49.7 Å². The summed E-state index contributed by atoms with van der Waals surface area (Å²) >= 11 is 0. The number of methoxy groups -OCH3 is 2. The van der Waals surface area contributed by atoms with Gasteiger partial charge in [-0.25, -0.2) is 0 Å². The number of hydrogen-bond acceptors (Lipinski definition) is 5. The van der Waals surface area contributed by atoms with Crippen molar-refractivity contribution in [1.82, 2.24) is 4.90 Å². The number of carbonyl (C=O) groups is 2. The minimum Gasteiger partial charge on any atom is -0.468 e. The zero-order valence-electron chi connectivity index (χ0n) is 7.94. The van der Waals surface area contributed by atoms with Crippen LogP contribution in [0.25, 0.3) is 0 Å². The molecule has 0 aliphatic carbocycles. The molecule has 2 unspecified atom stereocenters. The number of carbonyl (C=O) groups excluding carboxylic acids is 2. The van der Waals surface area contributed by atoms with Crippen molar-refractivity contribution in [2.24, 2.45) is 0 Å². The smallest absolute Gasteiger partial charge is 0.324 e. The van der Waals surface area contributed by atoms with Crippen molar-refractivity contribution in [3.63, 3.8) is 0 Å². The van der Waals surface area contributed by atoms with Gasteiger partial charge in [-0.3, -0.25) is 14.5 Å². The molecule has 1 aliphatic heterocycles. The quantitative estimate of drug-likeness (QED) is 0.436. The first kappa shape index (κ1) is 9.98. The minimum absolute atomic E-state index is 0.265. The zero-order valence-corrected chi connectivity index (χ0v) is 7.94. The summed E-state index contributed by atoms with van der Waals surface area (Å²) in [7, 11) is 2.66. The van der Waals surface area contributed by atoms with Gasteiger partial charge in [0.2, 0.25) is 0 Å². The molecule has 1 saturated heterocycles. The summed E-state index contributed by atoms with van der Waals surface area (Å²) in [5.74, 6) is -0.623. The van der Waals surface area contributed by atoms with E-state index < -0.39 is 0 Å². The summed E-state index contributed by atoms with van der Waals surface area (Å²) in [6.07, 6.45) is 0. The molecule has 5 nitrogen and oxygen atoms in total. The molecule has 3 atom stereocenters. The molecular weight excluding hydrogens is 174 g/mol. The van der Waals surface area contributed by atoms with Gasteiger partial charge in [0, 0.05) is 6.54 Å². The summed E-state index contributed by atoms with van der Waals surface area (Å²) in [6, 6.07) is -0.631. The lowest BCUT2D eigenvalue weighted by molar-refractivity contribution is -0.145. The van der Waals surface area contributed by atoms with Crippen molar-refractivity contribution in [3.05, 3.63) is 0 Å². The van der Waals surface area contributed by atoms with Gasteiger partial charge in [0.1, 0.15) is 12.1 Å². The van der Waals surface area contributed by atoms with Gasteiger partial charge < -0.3 is 9.47 Å². The average Bonchev–Trinajstić information content (AvgIpc) is 2.93. The van der Waals surface area contributed by atoms with Crippen LogP contribution in [0.4, 0.5) is 0 Å². The maximum Gasteiger partial charge on any atom is 0.324 e. The first-order chi connectivity index (χ1) is 6.11. The molecule has 13 heavy (non-hydrogen) atoms. The SMILES string of the molecule is COC(=O)C1CN1[C@@H](C)C(=O)OC. The van der Waals surface area contributed by atoms with Crippen LogP contribution in [0.15, 0.2) is 0 Å². The Morgan fingerprint density at radius 1 is 1.38 bits per heavy atom. The Labute approximate surface area is 76.6 Å². The number of nitrogens with zero attached hydrogens (tertiary/aromatic N) is 1. The van der Waals surface area contributed by atoms with Crippen LogP contribution < -0.4 is 0 Å². The van der Waals surface area contributed by atoms with Crippen molar-refractivity contribution >= 4 is 11.9 Å². The van der Waals surface area contributed by atoms with E-state index in [9.17, 15) is 9.59 Å². The van der Waals surface area contributed by atoms with Gasteiger partial charge >= 0.3 is 11.9 Å². The molecule has 0 saturated carbocycles. The standard InChI is InChI=1S/C8H13NO4/c1-5(7(10)12-2)9-4-6(9)8(11)13-3/h5-6H,4H2,1-3H3/t5-,6?,9?/m0/s1. The fraction of sp³-hybridized carbons (Fsp3) is 0.750. The van der Waals surface area contributed by atoms with E-state index in [1.54, 1.807) is 11.8 Å². The molecule has 1 rings (SSSR count). The highest BCUT2D eigenvalue weighted by molar-refractivity contribution is 5.82. The summed E-state index contributed by atoms with van der Waals surface area (Å²) in [5, 5.41) is 0. The first-order valence-electron chi connectivity index (χ1n) is 4.03. The predicted octanol–water partition coefficient (Wildman–Crippen LogP) is -0.595. The number of ether oxygens (including phenoxy) is 2. The Hall–Kier alpha value is -1.10.